The quantitative estimate of drug-likeness (QED) is 0.427. The largest absolute Gasteiger partial charge is 0.379 e. The fourth-order valence-corrected chi connectivity index (χ4v) is 2.86. The van der Waals surface area contributed by atoms with Crippen molar-refractivity contribution in [1.82, 2.24) is 35.6 Å². The number of nitrogens with zero attached hydrogens (tertiary/aromatic N) is 7. The van der Waals surface area contributed by atoms with Crippen molar-refractivity contribution >= 4 is 17.9 Å². The molecular formula is C17H19N9O3. The molecule has 3 heterocycles. The fourth-order valence-electron chi connectivity index (χ4n) is 2.86. The Morgan fingerprint density at radius 1 is 1.24 bits per heavy atom. The van der Waals surface area contributed by atoms with Crippen molar-refractivity contribution in [2.75, 3.05) is 32.0 Å². The zero-order valence-electron chi connectivity index (χ0n) is 15.4. The maximum atomic E-state index is 12.9. The molecule has 1 fully saturated rings. The molecule has 0 radical (unpaired) electrons. The Labute approximate surface area is 165 Å². The number of nitrogens with two attached hydrogens (primary N) is 1. The third kappa shape index (κ3) is 4.28. The van der Waals surface area contributed by atoms with E-state index in [2.05, 4.69) is 40.7 Å². The first-order chi connectivity index (χ1) is 14.2. The highest BCUT2D eigenvalue weighted by molar-refractivity contribution is 5.95. The van der Waals surface area contributed by atoms with Crippen LogP contribution in [0.4, 0.5) is 5.82 Å². The van der Waals surface area contributed by atoms with Crippen LogP contribution in [0.3, 0.4) is 0 Å². The first kappa shape index (κ1) is 18.7. The van der Waals surface area contributed by atoms with Crippen molar-refractivity contribution in [1.29, 1.82) is 0 Å². The van der Waals surface area contributed by atoms with Crippen LogP contribution in [-0.2, 0) is 11.3 Å². The first-order valence-electron chi connectivity index (χ1n) is 8.94. The lowest BCUT2D eigenvalue weighted by Crippen LogP contribution is -2.36. The summed E-state index contributed by atoms with van der Waals surface area (Å²) in [6.45, 7) is 3.12. The number of carbonyl (C=O) groups is 1. The molecule has 0 bridgehead atoms. The van der Waals surface area contributed by atoms with Gasteiger partial charge in [0.15, 0.2) is 5.69 Å². The smallest absolute Gasteiger partial charge is 0.292 e. The number of benzene rings is 1. The lowest BCUT2D eigenvalue weighted by Gasteiger charge is -2.25. The van der Waals surface area contributed by atoms with Crippen LogP contribution >= 0.6 is 0 Å². The summed E-state index contributed by atoms with van der Waals surface area (Å²) < 4.78 is 11.2. The number of hydrogen-bond donors (Lipinski definition) is 2. The standard InChI is InChI=1S/C17H19N9O3/c18-15-16(23-29-22-15)26-14(13(20-24-26)11-25-6-8-28-9-7-25)17(27)21-19-10-12-4-2-1-3-5-12/h1-5,10H,6-9,11H2,(H2,18,22)(H,21,27)/b19-10+. The highest BCUT2D eigenvalue weighted by Gasteiger charge is 2.26. The van der Waals surface area contributed by atoms with E-state index in [1.807, 2.05) is 30.3 Å². The van der Waals surface area contributed by atoms with E-state index in [0.29, 0.717) is 25.5 Å². The molecule has 0 aliphatic carbocycles. The van der Waals surface area contributed by atoms with Crippen molar-refractivity contribution in [3.63, 3.8) is 0 Å². The molecule has 2 aromatic heterocycles. The maximum Gasteiger partial charge on any atom is 0.292 e. The van der Waals surface area contributed by atoms with Gasteiger partial charge >= 0.3 is 0 Å². The number of hydrogen-bond acceptors (Lipinski definition) is 10. The van der Waals surface area contributed by atoms with Gasteiger partial charge in [-0.3, -0.25) is 9.69 Å². The molecule has 3 N–H and O–H groups in total. The summed E-state index contributed by atoms with van der Waals surface area (Å²) in [5.74, 6) is -0.426. The second kappa shape index (κ2) is 8.58. The minimum atomic E-state index is -0.507. The summed E-state index contributed by atoms with van der Waals surface area (Å²) in [5.41, 5.74) is 9.73. The summed E-state index contributed by atoms with van der Waals surface area (Å²) in [6, 6.07) is 9.39. The highest BCUT2D eigenvalue weighted by atomic mass is 16.6. The summed E-state index contributed by atoms with van der Waals surface area (Å²) >= 11 is 0. The Kier molecular flexibility index (Phi) is 5.54. The van der Waals surface area contributed by atoms with E-state index in [4.69, 9.17) is 10.5 Å². The molecule has 1 aliphatic heterocycles. The number of amides is 1. The van der Waals surface area contributed by atoms with Crippen molar-refractivity contribution in [2.24, 2.45) is 5.10 Å². The molecule has 1 saturated heterocycles. The third-order valence-corrected chi connectivity index (χ3v) is 4.31. The zero-order chi connectivity index (χ0) is 20.1. The molecule has 0 saturated carbocycles. The van der Waals surface area contributed by atoms with Crippen molar-refractivity contribution < 1.29 is 14.2 Å². The third-order valence-electron chi connectivity index (χ3n) is 4.31. The van der Waals surface area contributed by atoms with E-state index in [1.54, 1.807) is 6.21 Å². The Bertz CT molecular complexity index is 993. The summed E-state index contributed by atoms with van der Waals surface area (Å²) in [4.78, 5) is 15.0. The second-order valence-electron chi connectivity index (χ2n) is 6.27. The average molecular weight is 397 g/mol. The lowest BCUT2D eigenvalue weighted by molar-refractivity contribution is 0.0335. The number of morpholine rings is 1. The van der Waals surface area contributed by atoms with E-state index >= 15 is 0 Å². The number of anilines is 1. The van der Waals surface area contributed by atoms with E-state index in [9.17, 15) is 4.79 Å². The van der Waals surface area contributed by atoms with Gasteiger partial charge in [0.1, 0.15) is 5.69 Å². The van der Waals surface area contributed by atoms with Crippen molar-refractivity contribution in [2.45, 2.75) is 6.54 Å². The van der Waals surface area contributed by atoms with Gasteiger partial charge < -0.3 is 10.5 Å². The van der Waals surface area contributed by atoms with Crippen molar-refractivity contribution in [3.05, 3.63) is 47.3 Å². The van der Waals surface area contributed by atoms with Crippen LogP contribution in [-0.4, -0.2) is 68.6 Å². The Balaban J connectivity index is 1.59. The molecule has 150 valence electrons. The van der Waals surface area contributed by atoms with Crippen LogP contribution in [0.25, 0.3) is 5.82 Å². The van der Waals surface area contributed by atoms with Gasteiger partial charge in [-0.1, -0.05) is 35.5 Å². The van der Waals surface area contributed by atoms with E-state index in [1.165, 1.54) is 4.68 Å². The second-order valence-corrected chi connectivity index (χ2v) is 6.27. The maximum absolute atomic E-state index is 12.9. The molecule has 12 heteroatoms. The van der Waals surface area contributed by atoms with Gasteiger partial charge in [0, 0.05) is 19.6 Å². The Morgan fingerprint density at radius 3 is 2.76 bits per heavy atom. The Morgan fingerprint density at radius 2 is 2.03 bits per heavy atom. The van der Waals surface area contributed by atoms with E-state index in [0.717, 1.165) is 18.7 Å². The normalized spacial score (nSPS) is 15.0. The van der Waals surface area contributed by atoms with Crippen LogP contribution in [0.15, 0.2) is 40.1 Å². The molecule has 12 nitrogen and oxygen atoms in total. The van der Waals surface area contributed by atoms with Gasteiger partial charge in [0.05, 0.1) is 19.4 Å². The van der Waals surface area contributed by atoms with E-state index in [-0.39, 0.29) is 17.3 Å². The monoisotopic (exact) mass is 397 g/mol. The van der Waals surface area contributed by atoms with Gasteiger partial charge in [0.25, 0.3) is 5.91 Å². The van der Waals surface area contributed by atoms with Crippen LogP contribution < -0.4 is 11.2 Å². The van der Waals surface area contributed by atoms with Gasteiger partial charge in [-0.2, -0.15) is 9.78 Å². The number of carbonyl (C=O) groups excluding carboxylic acids is 1. The summed E-state index contributed by atoms with van der Waals surface area (Å²) in [6.07, 6.45) is 1.54. The molecule has 0 unspecified atom stereocenters. The molecule has 3 aromatic rings. The van der Waals surface area contributed by atoms with Crippen molar-refractivity contribution in [3.8, 4) is 5.82 Å². The van der Waals surface area contributed by atoms with Crippen LogP contribution in [0, 0.1) is 0 Å². The minimum absolute atomic E-state index is 0.00495. The van der Waals surface area contributed by atoms with Crippen LogP contribution in [0.2, 0.25) is 0 Å². The molecular weight excluding hydrogens is 378 g/mol. The molecule has 29 heavy (non-hydrogen) atoms. The van der Waals surface area contributed by atoms with Gasteiger partial charge in [-0.25, -0.2) is 10.1 Å². The first-order valence-corrected chi connectivity index (χ1v) is 8.94. The predicted octanol–water partition coefficient (Wildman–Crippen LogP) is -0.171. The van der Waals surface area contributed by atoms with E-state index < -0.39 is 5.91 Å². The SMILES string of the molecule is Nc1nonc1-n1nnc(CN2CCOCC2)c1C(=O)N/N=C/c1ccccc1. The number of nitrogens with one attached hydrogen (secondary N) is 1. The summed E-state index contributed by atoms with van der Waals surface area (Å²) in [7, 11) is 0. The van der Waals surface area contributed by atoms with Gasteiger partial charge in [0.2, 0.25) is 11.6 Å². The Hall–Kier alpha value is -3.64. The lowest BCUT2D eigenvalue weighted by atomic mass is 10.2. The molecule has 1 amide bonds. The fraction of sp³-hybridized carbons (Fsp3) is 0.294. The minimum Gasteiger partial charge on any atom is -0.379 e. The molecule has 1 aliphatic rings. The molecule has 0 spiro atoms. The van der Waals surface area contributed by atoms with Crippen LogP contribution in [0.5, 0.6) is 0 Å². The zero-order valence-corrected chi connectivity index (χ0v) is 15.4. The predicted molar refractivity (Wildman–Crippen MR) is 101 cm³/mol. The number of ether oxygens (including phenoxy) is 1. The number of aromatic nitrogens is 5. The molecule has 1 aromatic carbocycles. The number of hydrazone groups is 1. The molecule has 0 atom stereocenters. The molecule has 4 rings (SSSR count). The van der Waals surface area contributed by atoms with Gasteiger partial charge in [-0.15, -0.1) is 5.10 Å². The number of nitrogen functional groups attached to an aromatic ring is 1. The van der Waals surface area contributed by atoms with Crippen LogP contribution in [0.1, 0.15) is 21.7 Å². The topological polar surface area (TPSA) is 150 Å². The van der Waals surface area contributed by atoms with Gasteiger partial charge in [-0.05, 0) is 15.9 Å². The highest BCUT2D eigenvalue weighted by Crippen LogP contribution is 2.17. The summed E-state index contributed by atoms with van der Waals surface area (Å²) in [5, 5.41) is 19.4. The average Bonchev–Trinajstić information content (AvgIpc) is 3.35. The number of rotatable bonds is 6.